The number of phenols is 2. The summed E-state index contributed by atoms with van der Waals surface area (Å²) in [5.74, 6) is 0.312. The molecular formula is C27H31N3O3. The number of hydrogen-bond acceptors (Lipinski definition) is 5. The van der Waals surface area contributed by atoms with E-state index in [1.165, 1.54) is 4.80 Å². The van der Waals surface area contributed by atoms with Gasteiger partial charge >= 0.3 is 0 Å². The van der Waals surface area contributed by atoms with Crippen molar-refractivity contribution in [1.82, 2.24) is 15.0 Å². The first kappa shape index (κ1) is 22.8. The molecule has 0 aliphatic heterocycles. The summed E-state index contributed by atoms with van der Waals surface area (Å²) in [6.07, 6.45) is 0.780. The zero-order valence-corrected chi connectivity index (χ0v) is 19.8. The highest BCUT2D eigenvalue weighted by atomic mass is 16.3. The smallest absolute Gasteiger partial charge is 0.146 e. The molecule has 1 aromatic heterocycles. The summed E-state index contributed by atoms with van der Waals surface area (Å²) in [5.41, 5.74) is 6.98. The first-order chi connectivity index (χ1) is 15.6. The lowest BCUT2D eigenvalue weighted by molar-refractivity contribution is 0.299. The van der Waals surface area contributed by atoms with E-state index in [2.05, 4.69) is 31.0 Å². The van der Waals surface area contributed by atoms with Crippen LogP contribution in [0.15, 0.2) is 42.5 Å². The number of nitrogens with zero attached hydrogens (tertiary/aromatic N) is 3. The van der Waals surface area contributed by atoms with Gasteiger partial charge in [0.2, 0.25) is 0 Å². The SMILES string of the molecule is Cc1cc(Cc2cc(CCO)cc(-n3nc4ccc(C)cc4n3)c2O)c(O)c(C(C)(C)C)c1. The number of benzene rings is 3. The maximum atomic E-state index is 11.2. The quantitative estimate of drug-likeness (QED) is 0.408. The maximum Gasteiger partial charge on any atom is 0.146 e. The fourth-order valence-corrected chi connectivity index (χ4v) is 4.20. The minimum absolute atomic E-state index is 0.0127. The van der Waals surface area contributed by atoms with Crippen LogP contribution in [0.2, 0.25) is 0 Å². The Morgan fingerprint density at radius 2 is 1.52 bits per heavy atom. The summed E-state index contributed by atoms with van der Waals surface area (Å²) in [6, 6.07) is 13.5. The van der Waals surface area contributed by atoms with Gasteiger partial charge in [0, 0.05) is 18.6 Å². The lowest BCUT2D eigenvalue weighted by Crippen LogP contribution is -2.13. The van der Waals surface area contributed by atoms with E-state index in [0.29, 0.717) is 24.1 Å². The number of fused-ring (bicyclic) bond motifs is 1. The Hall–Kier alpha value is -3.38. The number of phenolic OH excluding ortho intramolecular Hbond substituents is 2. The van der Waals surface area contributed by atoms with Gasteiger partial charge in [-0.25, -0.2) is 0 Å². The molecule has 6 nitrogen and oxygen atoms in total. The largest absolute Gasteiger partial charge is 0.507 e. The van der Waals surface area contributed by atoms with E-state index in [4.69, 9.17) is 0 Å². The third-order valence-electron chi connectivity index (χ3n) is 5.90. The van der Waals surface area contributed by atoms with E-state index < -0.39 is 0 Å². The first-order valence-electron chi connectivity index (χ1n) is 11.2. The van der Waals surface area contributed by atoms with Crippen molar-refractivity contribution in [1.29, 1.82) is 0 Å². The molecule has 0 bridgehead atoms. The molecule has 1 heterocycles. The van der Waals surface area contributed by atoms with Crippen LogP contribution >= 0.6 is 0 Å². The van der Waals surface area contributed by atoms with Crippen LogP contribution in [-0.2, 0) is 18.3 Å². The van der Waals surface area contributed by atoms with Gasteiger partial charge in [0.1, 0.15) is 28.2 Å². The van der Waals surface area contributed by atoms with Gasteiger partial charge in [-0.3, -0.25) is 0 Å². The summed E-state index contributed by atoms with van der Waals surface area (Å²) in [5, 5.41) is 40.9. The number of aliphatic hydroxyl groups is 1. The molecule has 3 N–H and O–H groups in total. The third-order valence-corrected chi connectivity index (χ3v) is 5.90. The summed E-state index contributed by atoms with van der Waals surface area (Å²) >= 11 is 0. The van der Waals surface area contributed by atoms with Crippen molar-refractivity contribution >= 4 is 11.0 Å². The second kappa shape index (κ2) is 8.52. The molecule has 0 fully saturated rings. The highest BCUT2D eigenvalue weighted by molar-refractivity contribution is 5.75. The second-order valence-electron chi connectivity index (χ2n) is 9.82. The van der Waals surface area contributed by atoms with Crippen molar-refractivity contribution < 1.29 is 15.3 Å². The van der Waals surface area contributed by atoms with E-state index >= 15 is 0 Å². The van der Waals surface area contributed by atoms with Crippen LogP contribution in [0.25, 0.3) is 16.7 Å². The molecule has 3 aromatic carbocycles. The molecular weight excluding hydrogens is 414 g/mol. The molecule has 0 atom stereocenters. The van der Waals surface area contributed by atoms with Gasteiger partial charge in [-0.05, 0) is 66.1 Å². The fraction of sp³-hybridized carbons (Fsp3) is 0.333. The molecule has 0 radical (unpaired) electrons. The minimum atomic E-state index is -0.214. The molecule has 172 valence electrons. The summed E-state index contributed by atoms with van der Waals surface area (Å²) < 4.78 is 0. The Bertz CT molecular complexity index is 1330. The number of aliphatic hydroxyl groups excluding tert-OH is 1. The van der Waals surface area contributed by atoms with E-state index in [-0.39, 0.29) is 23.5 Å². The van der Waals surface area contributed by atoms with Gasteiger partial charge in [0.05, 0.1) is 0 Å². The standard InChI is InChI=1S/C27H31N3O3/c1-16-6-7-22-23(12-16)29-30(28-22)24-14-18(8-9-31)13-20(26(24)33)15-19-10-17(2)11-21(25(19)32)27(3,4)5/h6-7,10-14,31-33H,8-9,15H2,1-5H3. The average Bonchev–Trinajstić information content (AvgIpc) is 3.14. The van der Waals surface area contributed by atoms with Crippen LogP contribution in [0, 0.1) is 13.8 Å². The van der Waals surface area contributed by atoms with Gasteiger partial charge in [0.25, 0.3) is 0 Å². The van der Waals surface area contributed by atoms with Gasteiger partial charge < -0.3 is 15.3 Å². The van der Waals surface area contributed by atoms with Crippen LogP contribution in [0.4, 0.5) is 0 Å². The molecule has 0 saturated heterocycles. The van der Waals surface area contributed by atoms with Crippen LogP contribution in [0.3, 0.4) is 0 Å². The molecule has 6 heteroatoms. The topological polar surface area (TPSA) is 91.4 Å². The average molecular weight is 446 g/mol. The van der Waals surface area contributed by atoms with Crippen molar-refractivity contribution in [3.8, 4) is 17.2 Å². The lowest BCUT2D eigenvalue weighted by atomic mass is 9.83. The lowest BCUT2D eigenvalue weighted by Gasteiger charge is -2.23. The van der Waals surface area contributed by atoms with E-state index in [1.54, 1.807) is 6.07 Å². The number of aromatic nitrogens is 3. The Morgan fingerprint density at radius 3 is 2.21 bits per heavy atom. The van der Waals surface area contributed by atoms with E-state index in [9.17, 15) is 15.3 Å². The minimum Gasteiger partial charge on any atom is -0.507 e. The van der Waals surface area contributed by atoms with Gasteiger partial charge in [-0.1, -0.05) is 50.6 Å². The predicted octanol–water partition coefficient (Wildman–Crippen LogP) is 4.87. The van der Waals surface area contributed by atoms with Crippen LogP contribution in [0.1, 0.15) is 54.2 Å². The zero-order chi connectivity index (χ0) is 23.9. The molecule has 0 spiro atoms. The van der Waals surface area contributed by atoms with Crippen molar-refractivity contribution in [2.24, 2.45) is 0 Å². The monoisotopic (exact) mass is 445 g/mol. The summed E-state index contributed by atoms with van der Waals surface area (Å²) in [4.78, 5) is 1.44. The number of rotatable bonds is 5. The van der Waals surface area contributed by atoms with Gasteiger partial charge in [-0.2, -0.15) is 0 Å². The summed E-state index contributed by atoms with van der Waals surface area (Å²) in [6.45, 7) is 10.2. The first-order valence-corrected chi connectivity index (χ1v) is 11.2. The molecule has 0 aliphatic rings. The van der Waals surface area contributed by atoms with Crippen molar-refractivity contribution in [2.75, 3.05) is 6.61 Å². The molecule has 33 heavy (non-hydrogen) atoms. The number of hydrogen-bond donors (Lipinski definition) is 3. The highest BCUT2D eigenvalue weighted by Crippen LogP contribution is 2.37. The number of aromatic hydroxyl groups is 2. The fourth-order valence-electron chi connectivity index (χ4n) is 4.20. The Kier molecular flexibility index (Phi) is 5.89. The molecule has 0 amide bonds. The molecule has 0 aliphatic carbocycles. The van der Waals surface area contributed by atoms with Crippen LogP contribution < -0.4 is 0 Å². The van der Waals surface area contributed by atoms with Crippen LogP contribution in [-0.4, -0.2) is 36.9 Å². The highest BCUT2D eigenvalue weighted by Gasteiger charge is 2.22. The molecule has 4 aromatic rings. The molecule has 0 saturated carbocycles. The molecule has 4 rings (SSSR count). The summed E-state index contributed by atoms with van der Waals surface area (Å²) in [7, 11) is 0. The molecule has 0 unspecified atom stereocenters. The number of aryl methyl sites for hydroxylation is 2. The maximum absolute atomic E-state index is 11.2. The van der Waals surface area contributed by atoms with Gasteiger partial charge in [0.15, 0.2) is 0 Å². The normalized spacial score (nSPS) is 11.9. The van der Waals surface area contributed by atoms with E-state index in [0.717, 1.165) is 38.9 Å². The Morgan fingerprint density at radius 1 is 0.818 bits per heavy atom. The van der Waals surface area contributed by atoms with Crippen molar-refractivity contribution in [2.45, 2.75) is 52.9 Å². The zero-order valence-electron chi connectivity index (χ0n) is 19.8. The van der Waals surface area contributed by atoms with Crippen molar-refractivity contribution in [3.63, 3.8) is 0 Å². The van der Waals surface area contributed by atoms with Gasteiger partial charge in [-0.15, -0.1) is 15.0 Å². The van der Waals surface area contributed by atoms with E-state index in [1.807, 2.05) is 50.2 Å². The Labute approximate surface area is 194 Å². The predicted molar refractivity (Wildman–Crippen MR) is 130 cm³/mol. The third kappa shape index (κ3) is 4.57. The van der Waals surface area contributed by atoms with Crippen molar-refractivity contribution in [3.05, 3.63) is 75.8 Å². The second-order valence-corrected chi connectivity index (χ2v) is 9.82. The van der Waals surface area contributed by atoms with Crippen LogP contribution in [0.5, 0.6) is 11.5 Å². The Balaban J connectivity index is 1.84.